The molecule has 0 aromatic heterocycles. The quantitative estimate of drug-likeness (QED) is 0.132. The topological polar surface area (TPSA) is 126 Å². The summed E-state index contributed by atoms with van der Waals surface area (Å²) in [4.78, 5) is 12.5. The molecule has 0 aromatic rings. The second-order valence-corrected chi connectivity index (χ2v) is 16.4. The molecule has 8 heteroatoms. The van der Waals surface area contributed by atoms with E-state index in [9.17, 15) is 25.2 Å². The van der Waals surface area contributed by atoms with Gasteiger partial charge in [-0.1, -0.05) is 58.9 Å². The molecule has 4 aliphatic rings. The number of aliphatic hydroxyl groups is 4. The summed E-state index contributed by atoms with van der Waals surface area (Å²) in [5, 5.41) is 43.8. The summed E-state index contributed by atoms with van der Waals surface area (Å²) in [7, 11) is 1.43. The molecule has 0 unspecified atom stereocenters. The molecule has 0 bridgehead atoms. The molecule has 3 aliphatic carbocycles. The maximum Gasteiger partial charge on any atom is 0.305 e. The molecule has 0 radical (unpaired) electrons. The average Bonchev–Trinajstić information content (AvgIpc) is 3.36. The van der Waals surface area contributed by atoms with E-state index < -0.39 is 30.2 Å². The highest BCUT2D eigenvalue weighted by molar-refractivity contribution is 5.69. The second kappa shape index (κ2) is 13.3. The van der Waals surface area contributed by atoms with Crippen molar-refractivity contribution in [3.8, 4) is 0 Å². The first-order chi connectivity index (χ1) is 20.8. The summed E-state index contributed by atoms with van der Waals surface area (Å²) < 4.78 is 17.7. The van der Waals surface area contributed by atoms with Crippen LogP contribution in [0.1, 0.15) is 106 Å². The van der Waals surface area contributed by atoms with Crippen molar-refractivity contribution in [1.29, 1.82) is 0 Å². The van der Waals surface area contributed by atoms with Crippen LogP contribution in [-0.2, 0) is 19.0 Å². The smallest absolute Gasteiger partial charge is 0.305 e. The van der Waals surface area contributed by atoms with Crippen LogP contribution in [0.15, 0.2) is 24.3 Å². The standard InChI is InChI=1S/C37H62O8/c1-21(2)23(5)11-18-37(9,42)25-13-17-36(8)30(25)27(45-33-32(41)31(40)26(38)20-44-33)19-28-34(6,15-14-29(39)43-10)24(22(3)4)12-16-35(28,36)7/h21,24-28,30-33,38,40-42H,3,5,11-20H2,1-2,4,6-10H3/t24-,25-,26+,27+,28+,30-,31-,32+,33-,34-,35+,36+,37-/m0/s1. The molecule has 0 spiro atoms. The normalized spacial score (nSPS) is 44.5. The molecule has 8 nitrogen and oxygen atoms in total. The van der Waals surface area contributed by atoms with Crippen LogP contribution in [0.5, 0.6) is 0 Å². The lowest BCUT2D eigenvalue weighted by molar-refractivity contribution is -0.312. The van der Waals surface area contributed by atoms with Gasteiger partial charge in [0.2, 0.25) is 0 Å². The highest BCUT2D eigenvalue weighted by Crippen LogP contribution is 2.74. The predicted molar refractivity (Wildman–Crippen MR) is 174 cm³/mol. The van der Waals surface area contributed by atoms with Crippen molar-refractivity contribution in [3.05, 3.63) is 24.3 Å². The molecule has 1 saturated heterocycles. The van der Waals surface area contributed by atoms with Gasteiger partial charge >= 0.3 is 5.97 Å². The minimum Gasteiger partial charge on any atom is -0.469 e. The van der Waals surface area contributed by atoms with Crippen LogP contribution in [0.4, 0.5) is 0 Å². The molecular weight excluding hydrogens is 572 g/mol. The Morgan fingerprint density at radius 1 is 1.04 bits per heavy atom. The van der Waals surface area contributed by atoms with Gasteiger partial charge in [-0.2, -0.15) is 0 Å². The summed E-state index contributed by atoms with van der Waals surface area (Å²) in [5.41, 5.74) is 0.702. The highest BCUT2D eigenvalue weighted by Gasteiger charge is 2.70. The molecule has 0 aromatic carbocycles. The lowest BCUT2D eigenvalue weighted by Gasteiger charge is -2.68. The third kappa shape index (κ3) is 6.46. The van der Waals surface area contributed by atoms with Crippen molar-refractivity contribution in [2.24, 2.45) is 45.8 Å². The fourth-order valence-corrected chi connectivity index (χ4v) is 10.5. The number of methoxy groups -OCH3 is 1. The first kappa shape index (κ1) is 36.5. The van der Waals surface area contributed by atoms with Crippen molar-refractivity contribution in [3.63, 3.8) is 0 Å². The van der Waals surface area contributed by atoms with Gasteiger partial charge in [-0.25, -0.2) is 0 Å². The number of ether oxygens (including phenoxy) is 3. The molecule has 3 saturated carbocycles. The van der Waals surface area contributed by atoms with E-state index >= 15 is 0 Å². The largest absolute Gasteiger partial charge is 0.469 e. The number of fused-ring (bicyclic) bond motifs is 3. The van der Waals surface area contributed by atoms with Crippen LogP contribution in [0, 0.1) is 45.8 Å². The molecule has 4 fully saturated rings. The number of hydrogen-bond acceptors (Lipinski definition) is 8. The van der Waals surface area contributed by atoms with Crippen LogP contribution in [0.3, 0.4) is 0 Å². The Hall–Kier alpha value is -1.29. The van der Waals surface area contributed by atoms with Crippen LogP contribution >= 0.6 is 0 Å². The molecule has 45 heavy (non-hydrogen) atoms. The molecule has 4 rings (SSSR count). The van der Waals surface area contributed by atoms with E-state index in [4.69, 9.17) is 14.2 Å². The highest BCUT2D eigenvalue weighted by atomic mass is 16.7. The molecular formula is C37H62O8. The van der Waals surface area contributed by atoms with E-state index in [0.717, 1.165) is 43.3 Å². The summed E-state index contributed by atoms with van der Waals surface area (Å²) in [6.45, 7) is 24.0. The van der Waals surface area contributed by atoms with Crippen molar-refractivity contribution in [2.75, 3.05) is 13.7 Å². The number of aliphatic hydroxyl groups excluding tert-OH is 3. The Kier molecular flexibility index (Phi) is 10.8. The van der Waals surface area contributed by atoms with E-state index in [0.29, 0.717) is 31.6 Å². The first-order valence-electron chi connectivity index (χ1n) is 17.3. The van der Waals surface area contributed by atoms with Gasteiger partial charge in [-0.05, 0) is 111 Å². The lowest BCUT2D eigenvalue weighted by atomic mass is 9.37. The van der Waals surface area contributed by atoms with Gasteiger partial charge in [0.05, 0.1) is 25.4 Å². The zero-order valence-corrected chi connectivity index (χ0v) is 29.2. The van der Waals surface area contributed by atoms with Gasteiger partial charge in [0.15, 0.2) is 6.29 Å². The third-order valence-corrected chi connectivity index (χ3v) is 13.7. The van der Waals surface area contributed by atoms with E-state index in [2.05, 4.69) is 54.7 Å². The van der Waals surface area contributed by atoms with Gasteiger partial charge in [-0.3, -0.25) is 4.79 Å². The fourth-order valence-electron chi connectivity index (χ4n) is 10.5. The summed E-state index contributed by atoms with van der Waals surface area (Å²) in [5.74, 6) is 0.406. The predicted octanol–water partition coefficient (Wildman–Crippen LogP) is 5.56. The first-order valence-corrected chi connectivity index (χ1v) is 17.3. The summed E-state index contributed by atoms with van der Waals surface area (Å²) in [6.07, 6.45) is 1.32. The number of allylic oxidation sites excluding steroid dienone is 2. The number of hydrogen-bond donors (Lipinski definition) is 4. The van der Waals surface area contributed by atoms with Crippen LogP contribution in [0.25, 0.3) is 0 Å². The Morgan fingerprint density at radius 3 is 2.29 bits per heavy atom. The van der Waals surface area contributed by atoms with E-state index in [1.165, 1.54) is 7.11 Å². The average molecular weight is 635 g/mol. The molecule has 1 aliphatic heterocycles. The molecule has 0 amide bonds. The number of carbonyl (C=O) groups excluding carboxylic acids is 1. The van der Waals surface area contributed by atoms with Gasteiger partial charge in [-0.15, -0.1) is 0 Å². The maximum atomic E-state index is 12.5. The number of carbonyl (C=O) groups is 1. The van der Waals surface area contributed by atoms with Gasteiger partial charge in [0.1, 0.15) is 18.3 Å². The molecule has 13 atom stereocenters. The van der Waals surface area contributed by atoms with E-state index in [1.807, 2.05) is 6.92 Å². The van der Waals surface area contributed by atoms with E-state index in [1.54, 1.807) is 0 Å². The SMILES string of the molecule is C=C(CC[C@](C)(O)[C@H]1CC[C@]2(C)[C@@H]1[C@H](O[C@@H]1OC[C@@H](O)[C@H](O)[C@H]1O)C[C@@H]1[C@@](C)(CCC(=O)OC)[C@H](C(=C)C)CC[C@]12C)C(C)C. The molecule has 4 N–H and O–H groups in total. The number of esters is 1. The van der Waals surface area contributed by atoms with Crippen LogP contribution < -0.4 is 0 Å². The second-order valence-electron chi connectivity index (χ2n) is 16.4. The monoisotopic (exact) mass is 634 g/mol. The van der Waals surface area contributed by atoms with Crippen molar-refractivity contribution in [2.45, 2.75) is 143 Å². The van der Waals surface area contributed by atoms with Crippen LogP contribution in [-0.4, -0.2) is 76.4 Å². The third-order valence-electron chi connectivity index (χ3n) is 13.7. The maximum absolute atomic E-state index is 12.5. The van der Waals surface area contributed by atoms with Crippen molar-refractivity contribution >= 4 is 5.97 Å². The van der Waals surface area contributed by atoms with Gasteiger partial charge in [0.25, 0.3) is 0 Å². The minimum atomic E-state index is -1.40. The van der Waals surface area contributed by atoms with E-state index in [-0.39, 0.29) is 58.6 Å². The van der Waals surface area contributed by atoms with Crippen LogP contribution in [0.2, 0.25) is 0 Å². The van der Waals surface area contributed by atoms with Crippen molar-refractivity contribution in [1.82, 2.24) is 0 Å². The minimum absolute atomic E-state index is 0.0351. The van der Waals surface area contributed by atoms with Gasteiger partial charge in [0, 0.05) is 6.42 Å². The lowest BCUT2D eigenvalue weighted by Crippen LogP contribution is -2.65. The Labute approximate surface area is 271 Å². The Morgan fingerprint density at radius 2 is 1.69 bits per heavy atom. The summed E-state index contributed by atoms with van der Waals surface area (Å²) in [6, 6.07) is 0. The summed E-state index contributed by atoms with van der Waals surface area (Å²) >= 11 is 0. The fraction of sp³-hybridized carbons (Fsp3) is 0.865. The zero-order valence-electron chi connectivity index (χ0n) is 29.2. The van der Waals surface area contributed by atoms with Crippen molar-refractivity contribution < 1.29 is 39.4 Å². The molecule has 258 valence electrons. The molecule has 1 heterocycles. The number of rotatable bonds is 11. The Balaban J connectivity index is 1.78. The zero-order chi connectivity index (χ0) is 33.7. The Bertz CT molecular complexity index is 1100. The van der Waals surface area contributed by atoms with Gasteiger partial charge < -0.3 is 34.6 Å².